The predicted octanol–water partition coefficient (Wildman–Crippen LogP) is -0.516. The van der Waals surface area contributed by atoms with Gasteiger partial charge in [0.05, 0.1) is 5.75 Å². The van der Waals surface area contributed by atoms with Crippen molar-refractivity contribution in [3.8, 4) is 0 Å². The van der Waals surface area contributed by atoms with Gasteiger partial charge in [0.2, 0.25) is 0 Å². The monoisotopic (exact) mass is 153 g/mol. The summed E-state index contributed by atoms with van der Waals surface area (Å²) in [6.07, 6.45) is 0.454. The van der Waals surface area contributed by atoms with Gasteiger partial charge in [0.1, 0.15) is 0 Å². The van der Waals surface area contributed by atoms with Gasteiger partial charge in [-0.1, -0.05) is 0 Å². The lowest BCUT2D eigenvalue weighted by Crippen LogP contribution is -2.13. The van der Waals surface area contributed by atoms with Gasteiger partial charge < -0.3 is 5.32 Å². The Morgan fingerprint density at radius 1 is 1.56 bits per heavy atom. The SMILES string of the molecule is CNCCCS(=O)(=O)O. The van der Waals surface area contributed by atoms with E-state index in [0.717, 1.165) is 0 Å². The summed E-state index contributed by atoms with van der Waals surface area (Å²) >= 11 is 0. The third-order valence-electron chi connectivity index (χ3n) is 0.829. The minimum Gasteiger partial charge on any atom is -0.320 e. The van der Waals surface area contributed by atoms with Crippen LogP contribution in [-0.2, 0) is 10.1 Å². The molecule has 0 radical (unpaired) electrons. The fourth-order valence-electron chi connectivity index (χ4n) is 0.431. The van der Waals surface area contributed by atoms with E-state index < -0.39 is 10.1 Å². The minimum atomic E-state index is -3.74. The van der Waals surface area contributed by atoms with E-state index in [2.05, 4.69) is 5.32 Å². The van der Waals surface area contributed by atoms with E-state index in [1.807, 2.05) is 0 Å². The topological polar surface area (TPSA) is 66.4 Å². The molecule has 0 aromatic carbocycles. The number of hydrogen-bond acceptors (Lipinski definition) is 3. The molecule has 0 atom stereocenters. The Kier molecular flexibility index (Phi) is 3.76. The molecule has 0 bridgehead atoms. The molecule has 2 N–H and O–H groups in total. The van der Waals surface area contributed by atoms with Crippen molar-refractivity contribution in [2.75, 3.05) is 19.3 Å². The van der Waals surface area contributed by atoms with Gasteiger partial charge in [-0.25, -0.2) is 0 Å². The highest BCUT2D eigenvalue weighted by Gasteiger charge is 2.01. The van der Waals surface area contributed by atoms with Crippen LogP contribution in [0.25, 0.3) is 0 Å². The molecule has 0 saturated heterocycles. The molecular formula is C4H11NO3S. The Morgan fingerprint density at radius 3 is 2.44 bits per heavy atom. The first kappa shape index (κ1) is 8.87. The van der Waals surface area contributed by atoms with E-state index in [4.69, 9.17) is 4.55 Å². The van der Waals surface area contributed by atoms with E-state index in [1.54, 1.807) is 7.05 Å². The summed E-state index contributed by atoms with van der Waals surface area (Å²) < 4.78 is 28.3. The van der Waals surface area contributed by atoms with Gasteiger partial charge in [0.25, 0.3) is 10.1 Å². The molecule has 56 valence electrons. The normalized spacial score (nSPS) is 11.8. The molecular weight excluding hydrogens is 142 g/mol. The van der Waals surface area contributed by atoms with Crippen LogP contribution in [0.1, 0.15) is 6.42 Å². The molecule has 0 heterocycles. The summed E-state index contributed by atoms with van der Waals surface area (Å²) in [7, 11) is -2.01. The van der Waals surface area contributed by atoms with E-state index in [-0.39, 0.29) is 5.75 Å². The van der Waals surface area contributed by atoms with Crippen LogP contribution < -0.4 is 5.32 Å². The molecule has 0 unspecified atom stereocenters. The largest absolute Gasteiger partial charge is 0.320 e. The molecule has 0 aliphatic carbocycles. The lowest BCUT2D eigenvalue weighted by atomic mass is 10.5. The lowest BCUT2D eigenvalue weighted by molar-refractivity contribution is 0.480. The van der Waals surface area contributed by atoms with Crippen molar-refractivity contribution < 1.29 is 13.0 Å². The molecule has 9 heavy (non-hydrogen) atoms. The van der Waals surface area contributed by atoms with E-state index in [0.29, 0.717) is 13.0 Å². The second-order valence-electron chi connectivity index (χ2n) is 1.74. The quantitative estimate of drug-likeness (QED) is 0.421. The molecule has 0 aliphatic rings. The molecule has 0 amide bonds. The highest BCUT2D eigenvalue weighted by molar-refractivity contribution is 7.85. The van der Waals surface area contributed by atoms with Crippen LogP contribution in [-0.4, -0.2) is 32.3 Å². The molecule has 0 rings (SSSR count). The summed E-state index contributed by atoms with van der Waals surface area (Å²) in [6, 6.07) is 0. The van der Waals surface area contributed by atoms with E-state index >= 15 is 0 Å². The van der Waals surface area contributed by atoms with Crippen molar-refractivity contribution in [3.63, 3.8) is 0 Å². The standard InChI is InChI=1S/C4H11NO3S/c1-5-3-2-4-9(6,7)8/h5H,2-4H2,1H3,(H,6,7,8). The van der Waals surface area contributed by atoms with Crippen molar-refractivity contribution in [1.82, 2.24) is 5.32 Å². The van der Waals surface area contributed by atoms with Crippen LogP contribution >= 0.6 is 0 Å². The second kappa shape index (κ2) is 3.81. The Hall–Kier alpha value is -0.130. The third-order valence-corrected chi connectivity index (χ3v) is 1.63. The summed E-state index contributed by atoms with van der Waals surface area (Å²) in [4.78, 5) is 0. The Balaban J connectivity index is 3.30. The highest BCUT2D eigenvalue weighted by atomic mass is 32.2. The van der Waals surface area contributed by atoms with Gasteiger partial charge >= 0.3 is 0 Å². The zero-order valence-electron chi connectivity index (χ0n) is 5.29. The zero-order chi connectivity index (χ0) is 7.33. The molecule has 0 aliphatic heterocycles. The summed E-state index contributed by atoms with van der Waals surface area (Å²) in [5.74, 6) is -0.159. The number of hydrogen-bond donors (Lipinski definition) is 2. The maximum Gasteiger partial charge on any atom is 0.264 e. The maximum absolute atomic E-state index is 10.0. The Morgan fingerprint density at radius 2 is 2.11 bits per heavy atom. The van der Waals surface area contributed by atoms with Crippen LogP contribution in [0.5, 0.6) is 0 Å². The van der Waals surface area contributed by atoms with Crippen molar-refractivity contribution in [2.45, 2.75) is 6.42 Å². The summed E-state index contributed by atoms with van der Waals surface area (Å²) in [5, 5.41) is 2.76. The highest BCUT2D eigenvalue weighted by Crippen LogP contribution is 1.84. The number of rotatable bonds is 4. The van der Waals surface area contributed by atoms with Crippen LogP contribution in [0.15, 0.2) is 0 Å². The summed E-state index contributed by atoms with van der Waals surface area (Å²) in [6.45, 7) is 0.611. The molecule has 0 aromatic rings. The van der Waals surface area contributed by atoms with Crippen LogP contribution in [0.2, 0.25) is 0 Å². The fourth-order valence-corrected chi connectivity index (χ4v) is 0.940. The molecule has 4 nitrogen and oxygen atoms in total. The smallest absolute Gasteiger partial charge is 0.264 e. The zero-order valence-corrected chi connectivity index (χ0v) is 6.11. The van der Waals surface area contributed by atoms with Gasteiger partial charge in [0.15, 0.2) is 0 Å². The van der Waals surface area contributed by atoms with Gasteiger partial charge in [-0.3, -0.25) is 4.55 Å². The molecule has 0 saturated carbocycles. The Labute approximate surface area is 55.0 Å². The lowest BCUT2D eigenvalue weighted by Gasteiger charge is -1.94. The van der Waals surface area contributed by atoms with Gasteiger partial charge in [-0.2, -0.15) is 8.42 Å². The van der Waals surface area contributed by atoms with Gasteiger partial charge in [-0.15, -0.1) is 0 Å². The second-order valence-corrected chi connectivity index (χ2v) is 3.32. The first-order chi connectivity index (χ1) is 4.06. The van der Waals surface area contributed by atoms with Crippen molar-refractivity contribution >= 4 is 10.1 Å². The van der Waals surface area contributed by atoms with Crippen LogP contribution in [0.3, 0.4) is 0 Å². The first-order valence-electron chi connectivity index (χ1n) is 2.66. The summed E-state index contributed by atoms with van der Waals surface area (Å²) in [5.41, 5.74) is 0. The molecule has 0 spiro atoms. The van der Waals surface area contributed by atoms with E-state index in [9.17, 15) is 8.42 Å². The Bertz CT molecular complexity index is 151. The average Bonchev–Trinajstić information content (AvgIpc) is 1.63. The maximum atomic E-state index is 10.0. The van der Waals surface area contributed by atoms with Crippen LogP contribution in [0, 0.1) is 0 Å². The van der Waals surface area contributed by atoms with Crippen molar-refractivity contribution in [2.24, 2.45) is 0 Å². The molecule has 0 aromatic heterocycles. The first-order valence-corrected chi connectivity index (χ1v) is 4.27. The molecule has 0 fully saturated rings. The predicted molar refractivity (Wildman–Crippen MR) is 35.0 cm³/mol. The number of nitrogens with one attached hydrogen (secondary N) is 1. The van der Waals surface area contributed by atoms with E-state index in [1.165, 1.54) is 0 Å². The average molecular weight is 153 g/mol. The molecule has 5 heteroatoms. The van der Waals surface area contributed by atoms with Gasteiger partial charge in [0, 0.05) is 0 Å². The third kappa shape index (κ3) is 7.87. The van der Waals surface area contributed by atoms with Gasteiger partial charge in [-0.05, 0) is 20.0 Å². The fraction of sp³-hybridized carbons (Fsp3) is 1.00. The van der Waals surface area contributed by atoms with Crippen LogP contribution in [0.4, 0.5) is 0 Å². The minimum absolute atomic E-state index is 0.159. The van der Waals surface area contributed by atoms with Crippen molar-refractivity contribution in [1.29, 1.82) is 0 Å². The van der Waals surface area contributed by atoms with Crippen molar-refractivity contribution in [3.05, 3.63) is 0 Å².